The van der Waals surface area contributed by atoms with Crippen LogP contribution in [0.5, 0.6) is 0 Å². The van der Waals surface area contributed by atoms with Gasteiger partial charge in [-0.05, 0) is 52.9 Å². The summed E-state index contributed by atoms with van der Waals surface area (Å²) in [6.07, 6.45) is 1.05. The Kier molecular flexibility index (Phi) is 2.71. The minimum Gasteiger partial charge on any atom is -0.340 e. The van der Waals surface area contributed by atoms with Crippen LogP contribution in [0.4, 0.5) is 0 Å². The Bertz CT molecular complexity index is 1340. The van der Waals surface area contributed by atoms with Crippen molar-refractivity contribution in [2.24, 2.45) is 0 Å². The summed E-state index contributed by atoms with van der Waals surface area (Å²) in [5.74, 6) is 0. The summed E-state index contributed by atoms with van der Waals surface area (Å²) < 4.78 is 2.51. The second kappa shape index (κ2) is 4.98. The van der Waals surface area contributed by atoms with Crippen molar-refractivity contribution in [3.05, 3.63) is 83.9 Å². The SMILES string of the molecule is CCn1c2cc3ccccc3cc2c2ccc3c(c21)-c1ccccc1C3. The fraction of sp³-hybridized carbons (Fsp3) is 0.120. The third-order valence-electron chi connectivity index (χ3n) is 5.96. The standard InChI is InChI=1S/C25H19N/c1-2-26-23-15-17-8-4-3-7-16(17)14-22(23)21-12-11-19-13-18-9-5-6-10-20(18)24(19)25(21)26/h3-12,14-15H,2,13H2,1H3. The average molecular weight is 333 g/mol. The molecule has 1 heterocycles. The number of rotatable bonds is 1. The van der Waals surface area contributed by atoms with E-state index in [1.165, 1.54) is 54.8 Å². The summed E-state index contributed by atoms with van der Waals surface area (Å²) in [6, 6.07) is 27.0. The van der Waals surface area contributed by atoms with Gasteiger partial charge in [0.1, 0.15) is 0 Å². The quantitative estimate of drug-likeness (QED) is 0.322. The van der Waals surface area contributed by atoms with Crippen LogP contribution in [0.25, 0.3) is 43.7 Å². The number of benzene rings is 4. The van der Waals surface area contributed by atoms with E-state index in [0.29, 0.717) is 0 Å². The van der Waals surface area contributed by atoms with Crippen LogP contribution in [-0.2, 0) is 13.0 Å². The molecule has 0 unspecified atom stereocenters. The molecule has 4 aromatic carbocycles. The van der Waals surface area contributed by atoms with Crippen LogP contribution in [0, 0.1) is 0 Å². The van der Waals surface area contributed by atoms with Crippen molar-refractivity contribution in [1.82, 2.24) is 4.57 Å². The molecule has 1 aliphatic rings. The van der Waals surface area contributed by atoms with Gasteiger partial charge in [-0.1, -0.05) is 60.7 Å². The minimum absolute atomic E-state index is 0.983. The highest BCUT2D eigenvalue weighted by molar-refractivity contribution is 6.17. The first-order valence-electron chi connectivity index (χ1n) is 9.40. The zero-order valence-corrected chi connectivity index (χ0v) is 14.8. The molecule has 0 radical (unpaired) electrons. The third kappa shape index (κ3) is 1.70. The van der Waals surface area contributed by atoms with E-state index in [9.17, 15) is 0 Å². The predicted octanol–water partition coefficient (Wildman–Crippen LogP) is 6.54. The summed E-state index contributed by atoms with van der Waals surface area (Å²) in [5, 5.41) is 5.38. The molecule has 1 heteroatoms. The molecule has 124 valence electrons. The van der Waals surface area contributed by atoms with Crippen LogP contribution in [-0.4, -0.2) is 4.57 Å². The monoisotopic (exact) mass is 333 g/mol. The van der Waals surface area contributed by atoms with Crippen LogP contribution in [0.3, 0.4) is 0 Å². The lowest BCUT2D eigenvalue weighted by Gasteiger charge is -2.09. The number of nitrogens with zero attached hydrogens (tertiary/aromatic N) is 1. The number of hydrogen-bond donors (Lipinski definition) is 0. The zero-order valence-electron chi connectivity index (χ0n) is 14.8. The first kappa shape index (κ1) is 14.1. The number of aryl methyl sites for hydroxylation is 1. The Morgan fingerprint density at radius 1 is 0.769 bits per heavy atom. The third-order valence-corrected chi connectivity index (χ3v) is 5.96. The van der Waals surface area contributed by atoms with E-state index < -0.39 is 0 Å². The van der Waals surface area contributed by atoms with E-state index in [0.717, 1.165) is 13.0 Å². The van der Waals surface area contributed by atoms with Crippen LogP contribution in [0.15, 0.2) is 72.8 Å². The Hall–Kier alpha value is -3.06. The topological polar surface area (TPSA) is 4.93 Å². The lowest BCUT2D eigenvalue weighted by atomic mass is 10.0. The van der Waals surface area contributed by atoms with E-state index in [1.807, 2.05) is 0 Å². The summed E-state index contributed by atoms with van der Waals surface area (Å²) in [7, 11) is 0. The Morgan fingerprint density at radius 2 is 1.54 bits per heavy atom. The largest absolute Gasteiger partial charge is 0.340 e. The van der Waals surface area contributed by atoms with Crippen molar-refractivity contribution < 1.29 is 0 Å². The van der Waals surface area contributed by atoms with Gasteiger partial charge in [-0.15, -0.1) is 0 Å². The zero-order chi connectivity index (χ0) is 17.3. The fourth-order valence-corrected chi connectivity index (χ4v) is 4.82. The molecule has 0 saturated heterocycles. The van der Waals surface area contributed by atoms with Gasteiger partial charge in [0.15, 0.2) is 0 Å². The van der Waals surface area contributed by atoms with E-state index >= 15 is 0 Å². The summed E-state index contributed by atoms with van der Waals surface area (Å²) in [5.41, 5.74) is 8.52. The smallest absolute Gasteiger partial charge is 0.0573 e. The minimum atomic E-state index is 0.983. The molecule has 0 bridgehead atoms. The number of fused-ring (bicyclic) bond motifs is 8. The first-order chi connectivity index (χ1) is 12.8. The molecule has 1 aliphatic carbocycles. The van der Waals surface area contributed by atoms with Crippen molar-refractivity contribution in [3.63, 3.8) is 0 Å². The predicted molar refractivity (Wildman–Crippen MR) is 111 cm³/mol. The van der Waals surface area contributed by atoms with Gasteiger partial charge in [0.2, 0.25) is 0 Å². The maximum atomic E-state index is 2.51. The van der Waals surface area contributed by atoms with Gasteiger partial charge < -0.3 is 4.57 Å². The lowest BCUT2D eigenvalue weighted by Crippen LogP contribution is -1.95. The van der Waals surface area contributed by atoms with Crippen molar-refractivity contribution >= 4 is 32.6 Å². The van der Waals surface area contributed by atoms with E-state index in [2.05, 4.69) is 84.3 Å². The molecule has 0 spiro atoms. The highest BCUT2D eigenvalue weighted by Gasteiger charge is 2.24. The van der Waals surface area contributed by atoms with E-state index in [-0.39, 0.29) is 0 Å². The molecular formula is C25H19N. The van der Waals surface area contributed by atoms with Gasteiger partial charge in [-0.3, -0.25) is 0 Å². The fourth-order valence-electron chi connectivity index (χ4n) is 4.82. The second-order valence-electron chi connectivity index (χ2n) is 7.29. The van der Waals surface area contributed by atoms with Gasteiger partial charge in [-0.2, -0.15) is 0 Å². The lowest BCUT2D eigenvalue weighted by molar-refractivity contribution is 0.828. The highest BCUT2D eigenvalue weighted by Crippen LogP contribution is 2.44. The number of hydrogen-bond acceptors (Lipinski definition) is 0. The summed E-state index contributed by atoms with van der Waals surface area (Å²) in [6.45, 7) is 3.24. The highest BCUT2D eigenvalue weighted by atomic mass is 15.0. The molecule has 1 nitrogen and oxygen atoms in total. The van der Waals surface area contributed by atoms with Crippen molar-refractivity contribution in [3.8, 4) is 11.1 Å². The Balaban J connectivity index is 1.84. The van der Waals surface area contributed by atoms with Crippen molar-refractivity contribution in [2.75, 3.05) is 0 Å². The maximum Gasteiger partial charge on any atom is 0.0573 e. The van der Waals surface area contributed by atoms with E-state index in [1.54, 1.807) is 0 Å². The molecular weight excluding hydrogens is 314 g/mol. The molecule has 0 atom stereocenters. The summed E-state index contributed by atoms with van der Waals surface area (Å²) in [4.78, 5) is 0. The van der Waals surface area contributed by atoms with Crippen molar-refractivity contribution in [1.29, 1.82) is 0 Å². The van der Waals surface area contributed by atoms with Gasteiger partial charge >= 0.3 is 0 Å². The molecule has 6 rings (SSSR count). The van der Waals surface area contributed by atoms with Crippen LogP contribution < -0.4 is 0 Å². The molecule has 1 aromatic heterocycles. The molecule has 0 N–H and O–H groups in total. The molecule has 0 amide bonds. The molecule has 0 aliphatic heterocycles. The van der Waals surface area contributed by atoms with Gasteiger partial charge in [-0.25, -0.2) is 0 Å². The molecule has 0 saturated carbocycles. The Labute approximate surface area is 152 Å². The maximum absolute atomic E-state index is 2.51. The van der Waals surface area contributed by atoms with Gasteiger partial charge in [0, 0.05) is 28.4 Å². The van der Waals surface area contributed by atoms with Crippen LogP contribution in [0.2, 0.25) is 0 Å². The second-order valence-corrected chi connectivity index (χ2v) is 7.29. The van der Waals surface area contributed by atoms with E-state index in [4.69, 9.17) is 0 Å². The van der Waals surface area contributed by atoms with Crippen LogP contribution >= 0.6 is 0 Å². The molecule has 5 aromatic rings. The molecule has 0 fully saturated rings. The Morgan fingerprint density at radius 3 is 2.38 bits per heavy atom. The normalized spacial score (nSPS) is 12.8. The number of aromatic nitrogens is 1. The van der Waals surface area contributed by atoms with Gasteiger partial charge in [0.05, 0.1) is 5.52 Å². The average Bonchev–Trinajstić information content (AvgIpc) is 3.21. The molecule has 26 heavy (non-hydrogen) atoms. The summed E-state index contributed by atoms with van der Waals surface area (Å²) >= 11 is 0. The van der Waals surface area contributed by atoms with Crippen molar-refractivity contribution in [2.45, 2.75) is 19.9 Å². The first-order valence-corrected chi connectivity index (χ1v) is 9.40. The van der Waals surface area contributed by atoms with Gasteiger partial charge in [0.25, 0.3) is 0 Å². The van der Waals surface area contributed by atoms with Crippen LogP contribution in [0.1, 0.15) is 18.1 Å².